The predicted octanol–water partition coefficient (Wildman–Crippen LogP) is 5.15. The van der Waals surface area contributed by atoms with Gasteiger partial charge in [0.2, 0.25) is 5.91 Å². The first-order valence-electron chi connectivity index (χ1n) is 10.3. The van der Waals surface area contributed by atoms with Crippen LogP contribution in [0.3, 0.4) is 0 Å². The van der Waals surface area contributed by atoms with Crippen LogP contribution in [0.5, 0.6) is 0 Å². The highest BCUT2D eigenvalue weighted by Crippen LogP contribution is 2.28. The van der Waals surface area contributed by atoms with E-state index in [1.54, 1.807) is 34.0 Å². The van der Waals surface area contributed by atoms with Crippen LogP contribution in [0, 0.1) is 6.92 Å². The van der Waals surface area contributed by atoms with Gasteiger partial charge < -0.3 is 5.32 Å². The highest BCUT2D eigenvalue weighted by molar-refractivity contribution is 7.98. The zero-order valence-electron chi connectivity index (χ0n) is 18.0. The summed E-state index contributed by atoms with van der Waals surface area (Å²) in [4.78, 5) is 26.0. The molecule has 4 aromatic heterocycles. The Hall–Kier alpha value is -3.56. The lowest BCUT2D eigenvalue weighted by molar-refractivity contribution is -0.115. The SMILES string of the molecule is CSc1ccc(NC(=O)Cc2cc(-c3ccc4ncsc4c3)n(-c3cccc(C)n3)n2)cn1. The van der Waals surface area contributed by atoms with Crippen molar-refractivity contribution < 1.29 is 4.79 Å². The minimum atomic E-state index is -0.153. The summed E-state index contributed by atoms with van der Waals surface area (Å²) in [6, 6.07) is 17.6. The molecule has 0 fully saturated rings. The topological polar surface area (TPSA) is 85.6 Å². The number of hydrogen-bond donors (Lipinski definition) is 1. The molecule has 5 aromatic rings. The Morgan fingerprint density at radius 2 is 2.03 bits per heavy atom. The van der Waals surface area contributed by atoms with Crippen LogP contribution in [0.4, 0.5) is 5.69 Å². The first kappa shape index (κ1) is 21.3. The van der Waals surface area contributed by atoms with Crippen molar-refractivity contribution in [3.8, 4) is 17.1 Å². The molecule has 4 heterocycles. The summed E-state index contributed by atoms with van der Waals surface area (Å²) in [6.07, 6.45) is 3.76. The Balaban J connectivity index is 1.47. The van der Waals surface area contributed by atoms with E-state index in [0.29, 0.717) is 17.2 Å². The number of nitrogens with one attached hydrogen (secondary N) is 1. The van der Waals surface area contributed by atoms with Crippen LogP contribution in [0.2, 0.25) is 0 Å². The standard InChI is InChI=1S/C24H20N6OS2/c1-15-4-3-5-22(27-15)30-20(16-6-8-19-21(10-16)33-14-26-19)11-18(29-30)12-23(31)28-17-7-9-24(32-2)25-13-17/h3-11,13-14H,12H2,1-2H3,(H,28,31). The number of rotatable bonds is 6. The summed E-state index contributed by atoms with van der Waals surface area (Å²) >= 11 is 3.15. The number of pyridine rings is 2. The Labute approximate surface area is 198 Å². The second kappa shape index (κ2) is 9.13. The van der Waals surface area contributed by atoms with Gasteiger partial charge in [-0.3, -0.25) is 4.79 Å². The summed E-state index contributed by atoms with van der Waals surface area (Å²) in [5.41, 5.74) is 6.88. The maximum Gasteiger partial charge on any atom is 0.230 e. The van der Waals surface area contributed by atoms with Crippen molar-refractivity contribution in [2.45, 2.75) is 18.4 Å². The molecule has 0 saturated carbocycles. The highest BCUT2D eigenvalue weighted by Gasteiger charge is 2.16. The Morgan fingerprint density at radius 1 is 1.12 bits per heavy atom. The number of amides is 1. The number of carbonyl (C=O) groups excluding carboxylic acids is 1. The molecule has 0 spiro atoms. The van der Waals surface area contributed by atoms with Crippen LogP contribution in [-0.4, -0.2) is 36.9 Å². The number of hydrogen-bond acceptors (Lipinski definition) is 7. The number of nitrogens with zero attached hydrogens (tertiary/aromatic N) is 5. The van der Waals surface area contributed by atoms with Gasteiger partial charge in [0.1, 0.15) is 0 Å². The molecule has 7 nitrogen and oxygen atoms in total. The number of fused-ring (bicyclic) bond motifs is 1. The minimum Gasteiger partial charge on any atom is -0.324 e. The van der Waals surface area contributed by atoms with E-state index in [9.17, 15) is 4.79 Å². The number of carbonyl (C=O) groups is 1. The predicted molar refractivity (Wildman–Crippen MR) is 133 cm³/mol. The Morgan fingerprint density at radius 3 is 2.82 bits per heavy atom. The van der Waals surface area contributed by atoms with Crippen LogP contribution < -0.4 is 5.32 Å². The first-order chi connectivity index (χ1) is 16.1. The lowest BCUT2D eigenvalue weighted by Gasteiger charge is -2.07. The minimum absolute atomic E-state index is 0.138. The van der Waals surface area contributed by atoms with Crippen molar-refractivity contribution in [1.29, 1.82) is 0 Å². The van der Waals surface area contributed by atoms with Gasteiger partial charge in [-0.05, 0) is 55.6 Å². The zero-order valence-corrected chi connectivity index (χ0v) is 19.7. The van der Waals surface area contributed by atoms with Gasteiger partial charge in [0, 0.05) is 11.3 Å². The van der Waals surface area contributed by atoms with E-state index in [1.165, 1.54) is 0 Å². The molecule has 1 aromatic carbocycles. The molecule has 164 valence electrons. The molecular weight excluding hydrogens is 452 g/mol. The second-order valence-electron chi connectivity index (χ2n) is 7.42. The molecule has 0 atom stereocenters. The molecule has 33 heavy (non-hydrogen) atoms. The van der Waals surface area contributed by atoms with Crippen molar-refractivity contribution in [3.63, 3.8) is 0 Å². The van der Waals surface area contributed by atoms with Crippen LogP contribution in [0.1, 0.15) is 11.4 Å². The van der Waals surface area contributed by atoms with Gasteiger partial charge in [-0.2, -0.15) is 5.10 Å². The fourth-order valence-corrected chi connectivity index (χ4v) is 4.58. The van der Waals surface area contributed by atoms with Gasteiger partial charge in [-0.1, -0.05) is 12.1 Å². The fourth-order valence-electron chi connectivity index (χ4n) is 3.50. The van der Waals surface area contributed by atoms with E-state index in [2.05, 4.69) is 26.3 Å². The second-order valence-corrected chi connectivity index (χ2v) is 9.13. The number of benzene rings is 1. The molecule has 5 rings (SSSR count). The normalized spacial score (nSPS) is 11.1. The third-order valence-corrected chi connectivity index (χ3v) is 6.50. The van der Waals surface area contributed by atoms with Gasteiger partial charge in [0.05, 0.1) is 50.4 Å². The third kappa shape index (κ3) is 4.64. The first-order valence-corrected chi connectivity index (χ1v) is 12.4. The molecule has 0 aliphatic rings. The van der Waals surface area contributed by atoms with Gasteiger partial charge in [-0.25, -0.2) is 19.6 Å². The van der Waals surface area contributed by atoms with Gasteiger partial charge in [0.15, 0.2) is 5.82 Å². The van der Waals surface area contributed by atoms with Crippen molar-refractivity contribution in [1.82, 2.24) is 24.7 Å². The monoisotopic (exact) mass is 472 g/mol. The van der Waals surface area contributed by atoms with Crippen molar-refractivity contribution in [3.05, 3.63) is 77.7 Å². The molecule has 1 amide bonds. The average molecular weight is 473 g/mol. The van der Waals surface area contributed by atoms with Crippen molar-refractivity contribution >= 4 is 44.9 Å². The molecule has 0 radical (unpaired) electrons. The van der Waals surface area contributed by atoms with E-state index in [4.69, 9.17) is 5.10 Å². The molecular formula is C24H20N6OS2. The lowest BCUT2D eigenvalue weighted by Crippen LogP contribution is -2.15. The highest BCUT2D eigenvalue weighted by atomic mass is 32.2. The van der Waals surface area contributed by atoms with Gasteiger partial charge in [0.25, 0.3) is 0 Å². The molecule has 0 aliphatic heterocycles. The summed E-state index contributed by atoms with van der Waals surface area (Å²) in [7, 11) is 0. The molecule has 0 aliphatic carbocycles. The summed E-state index contributed by atoms with van der Waals surface area (Å²) in [5.74, 6) is 0.554. The number of aromatic nitrogens is 5. The molecule has 0 unspecified atom stereocenters. The number of thioether (sulfide) groups is 1. The van der Waals surface area contributed by atoms with E-state index in [0.717, 1.165) is 32.2 Å². The smallest absolute Gasteiger partial charge is 0.230 e. The largest absolute Gasteiger partial charge is 0.324 e. The maximum absolute atomic E-state index is 12.7. The van der Waals surface area contributed by atoms with Crippen molar-refractivity contribution in [2.75, 3.05) is 11.6 Å². The lowest BCUT2D eigenvalue weighted by atomic mass is 10.1. The van der Waals surface area contributed by atoms with E-state index < -0.39 is 0 Å². The summed E-state index contributed by atoms with van der Waals surface area (Å²) < 4.78 is 2.89. The summed E-state index contributed by atoms with van der Waals surface area (Å²) in [6.45, 7) is 1.95. The average Bonchev–Trinajstić information content (AvgIpc) is 3.46. The van der Waals surface area contributed by atoms with Gasteiger partial charge >= 0.3 is 0 Å². The Kier molecular flexibility index (Phi) is 5.89. The molecule has 0 bridgehead atoms. The van der Waals surface area contributed by atoms with Crippen molar-refractivity contribution in [2.24, 2.45) is 0 Å². The van der Waals surface area contributed by atoms with E-state index >= 15 is 0 Å². The van der Waals surface area contributed by atoms with Crippen LogP contribution in [0.25, 0.3) is 27.3 Å². The summed E-state index contributed by atoms with van der Waals surface area (Å²) in [5, 5.41) is 8.54. The van der Waals surface area contributed by atoms with Crippen LogP contribution >= 0.6 is 23.1 Å². The number of anilines is 1. The van der Waals surface area contributed by atoms with Crippen LogP contribution in [0.15, 0.2) is 71.3 Å². The quantitative estimate of drug-likeness (QED) is 0.344. The fraction of sp³-hybridized carbons (Fsp3) is 0.125. The van der Waals surface area contributed by atoms with E-state index in [-0.39, 0.29) is 12.3 Å². The third-order valence-electron chi connectivity index (χ3n) is 5.05. The van der Waals surface area contributed by atoms with Crippen LogP contribution in [-0.2, 0) is 11.2 Å². The van der Waals surface area contributed by atoms with Gasteiger partial charge in [-0.15, -0.1) is 23.1 Å². The number of thiazole rings is 1. The molecule has 0 saturated heterocycles. The number of aryl methyl sites for hydroxylation is 1. The Bertz CT molecular complexity index is 1440. The maximum atomic E-state index is 12.7. The van der Waals surface area contributed by atoms with E-state index in [1.807, 2.05) is 67.2 Å². The molecule has 9 heteroatoms. The zero-order chi connectivity index (χ0) is 22.8. The molecule has 1 N–H and O–H groups in total.